The number of halogens is 1. The molecule has 11 heteroatoms. The third kappa shape index (κ3) is 5.53. The molecule has 4 rings (SSSR count). The molecule has 37 heavy (non-hydrogen) atoms. The number of piperazine rings is 1. The molecule has 2 aromatic rings. The number of nitrogens with zero attached hydrogens (tertiary/aromatic N) is 3. The molecule has 0 spiro atoms. The summed E-state index contributed by atoms with van der Waals surface area (Å²) < 4.78 is 47.2. The molecule has 2 aliphatic rings. The Morgan fingerprint density at radius 2 is 1.86 bits per heavy atom. The van der Waals surface area contributed by atoms with E-state index in [1.165, 1.54) is 27.4 Å². The number of ether oxygens (including phenoxy) is 1. The van der Waals surface area contributed by atoms with E-state index in [9.17, 15) is 22.4 Å². The Morgan fingerprint density at radius 3 is 2.51 bits per heavy atom. The van der Waals surface area contributed by atoms with Gasteiger partial charge in [-0.05, 0) is 43.7 Å². The Balaban J connectivity index is 1.63. The summed E-state index contributed by atoms with van der Waals surface area (Å²) in [5.41, 5.74) is 1.08. The van der Waals surface area contributed by atoms with Gasteiger partial charge in [0.1, 0.15) is 5.82 Å². The minimum Gasteiger partial charge on any atom is -0.463 e. The van der Waals surface area contributed by atoms with E-state index in [1.807, 2.05) is 11.8 Å². The lowest BCUT2D eigenvalue weighted by Crippen LogP contribution is -2.56. The van der Waals surface area contributed by atoms with E-state index in [0.29, 0.717) is 24.4 Å². The van der Waals surface area contributed by atoms with Gasteiger partial charge in [0, 0.05) is 45.0 Å². The third-order valence-electron chi connectivity index (χ3n) is 6.63. The maximum Gasteiger partial charge on any atom is 0.338 e. The SMILES string of the molecule is CCOC(=O)C1=C(CN2CCN(S(=O)(=O)c3ccccc3)[C@H](C)C2)N(C)C(=O)N[C@@H]1c1cccc(F)c1. The number of sulfonamides is 1. The summed E-state index contributed by atoms with van der Waals surface area (Å²) in [6, 6.07) is 12.4. The summed E-state index contributed by atoms with van der Waals surface area (Å²) in [4.78, 5) is 29.6. The van der Waals surface area contributed by atoms with Gasteiger partial charge in [0.25, 0.3) is 0 Å². The highest BCUT2D eigenvalue weighted by Gasteiger charge is 2.39. The minimum absolute atomic E-state index is 0.135. The molecule has 2 atom stereocenters. The number of hydrogen-bond donors (Lipinski definition) is 1. The fourth-order valence-corrected chi connectivity index (χ4v) is 6.43. The van der Waals surface area contributed by atoms with Crippen molar-refractivity contribution in [2.75, 3.05) is 39.8 Å². The first-order valence-electron chi connectivity index (χ1n) is 12.1. The molecular formula is C26H31FN4O5S. The second-order valence-electron chi connectivity index (χ2n) is 9.09. The maximum absolute atomic E-state index is 14.0. The van der Waals surface area contributed by atoms with Crippen LogP contribution in [0.4, 0.5) is 9.18 Å². The van der Waals surface area contributed by atoms with E-state index in [-0.39, 0.29) is 36.2 Å². The molecule has 1 saturated heterocycles. The Bertz CT molecular complexity index is 1300. The molecule has 0 aromatic heterocycles. The first-order chi connectivity index (χ1) is 17.6. The van der Waals surface area contributed by atoms with Gasteiger partial charge in [-0.15, -0.1) is 0 Å². The molecule has 0 unspecified atom stereocenters. The normalized spacial score (nSPS) is 21.6. The first kappa shape index (κ1) is 26.8. The predicted octanol–water partition coefficient (Wildman–Crippen LogP) is 2.73. The van der Waals surface area contributed by atoms with E-state index >= 15 is 0 Å². The molecule has 0 saturated carbocycles. The Kier molecular flexibility index (Phi) is 7.96. The molecular weight excluding hydrogens is 499 g/mol. The van der Waals surface area contributed by atoms with Crippen molar-refractivity contribution in [1.29, 1.82) is 0 Å². The average Bonchev–Trinajstić information content (AvgIpc) is 2.87. The van der Waals surface area contributed by atoms with Crippen LogP contribution < -0.4 is 5.32 Å². The topological polar surface area (TPSA) is 99.3 Å². The molecule has 2 amide bonds. The number of esters is 1. The monoisotopic (exact) mass is 530 g/mol. The predicted molar refractivity (Wildman–Crippen MR) is 135 cm³/mol. The Labute approximate surface area is 216 Å². The van der Waals surface area contributed by atoms with Crippen LogP contribution in [0.25, 0.3) is 0 Å². The number of rotatable bonds is 7. The van der Waals surface area contributed by atoms with Crippen LogP contribution in [0.5, 0.6) is 0 Å². The van der Waals surface area contributed by atoms with Crippen LogP contribution in [0.2, 0.25) is 0 Å². The van der Waals surface area contributed by atoms with Gasteiger partial charge in [0.2, 0.25) is 10.0 Å². The maximum atomic E-state index is 14.0. The molecule has 0 radical (unpaired) electrons. The summed E-state index contributed by atoms with van der Waals surface area (Å²) >= 11 is 0. The lowest BCUT2D eigenvalue weighted by molar-refractivity contribution is -0.139. The highest BCUT2D eigenvalue weighted by atomic mass is 32.2. The van der Waals surface area contributed by atoms with Gasteiger partial charge in [-0.2, -0.15) is 4.31 Å². The van der Waals surface area contributed by atoms with Crippen molar-refractivity contribution in [1.82, 2.24) is 19.4 Å². The lowest BCUT2D eigenvalue weighted by atomic mass is 9.94. The zero-order chi connectivity index (χ0) is 26.7. The fraction of sp³-hybridized carbons (Fsp3) is 0.385. The highest BCUT2D eigenvalue weighted by molar-refractivity contribution is 7.89. The zero-order valence-electron chi connectivity index (χ0n) is 21.1. The first-order valence-corrected chi connectivity index (χ1v) is 13.6. The van der Waals surface area contributed by atoms with Gasteiger partial charge in [-0.3, -0.25) is 9.80 Å². The number of nitrogens with one attached hydrogen (secondary N) is 1. The minimum atomic E-state index is -3.66. The lowest BCUT2D eigenvalue weighted by Gasteiger charge is -2.41. The number of amides is 2. The largest absolute Gasteiger partial charge is 0.463 e. The van der Waals surface area contributed by atoms with E-state index in [0.717, 1.165) is 0 Å². The quantitative estimate of drug-likeness (QED) is 0.553. The fourth-order valence-electron chi connectivity index (χ4n) is 4.79. The molecule has 2 aromatic carbocycles. The molecule has 2 heterocycles. The van der Waals surface area contributed by atoms with Crippen molar-refractivity contribution < 1.29 is 27.1 Å². The van der Waals surface area contributed by atoms with Crippen LogP contribution in [0.15, 0.2) is 70.8 Å². The van der Waals surface area contributed by atoms with Crippen LogP contribution >= 0.6 is 0 Å². The summed E-state index contributed by atoms with van der Waals surface area (Å²) in [6.07, 6.45) is 0. The van der Waals surface area contributed by atoms with Crippen molar-refractivity contribution in [3.05, 3.63) is 77.2 Å². The molecule has 2 aliphatic heterocycles. The van der Waals surface area contributed by atoms with Crippen LogP contribution in [-0.4, -0.2) is 80.4 Å². The molecule has 1 N–H and O–H groups in total. The second kappa shape index (κ2) is 11.0. The smallest absolute Gasteiger partial charge is 0.338 e. The van der Waals surface area contributed by atoms with Crippen LogP contribution in [0, 0.1) is 5.82 Å². The molecule has 9 nitrogen and oxygen atoms in total. The van der Waals surface area contributed by atoms with E-state index in [4.69, 9.17) is 4.74 Å². The zero-order valence-corrected chi connectivity index (χ0v) is 21.9. The second-order valence-corrected chi connectivity index (χ2v) is 11.0. The third-order valence-corrected chi connectivity index (χ3v) is 8.66. The van der Waals surface area contributed by atoms with Gasteiger partial charge in [0.15, 0.2) is 0 Å². The van der Waals surface area contributed by atoms with Crippen LogP contribution in [-0.2, 0) is 19.6 Å². The number of carbonyl (C=O) groups is 2. The summed E-state index contributed by atoms with van der Waals surface area (Å²) in [5, 5.41) is 2.78. The van der Waals surface area contributed by atoms with E-state index in [2.05, 4.69) is 5.32 Å². The standard InChI is InChI=1S/C26H31FN4O5S/c1-4-36-25(32)23-22(29(3)26(33)28-24(23)19-9-8-10-20(27)15-19)17-30-13-14-31(18(2)16-30)37(34,35)21-11-6-5-7-12-21/h5-12,15,18,24H,4,13-14,16-17H2,1-3H3,(H,28,33)/t18-,24-/m1/s1. The molecule has 0 aliphatic carbocycles. The summed E-state index contributed by atoms with van der Waals surface area (Å²) in [5.74, 6) is -1.09. The molecule has 0 bridgehead atoms. The van der Waals surface area contributed by atoms with E-state index < -0.39 is 33.9 Å². The van der Waals surface area contributed by atoms with Gasteiger partial charge in [0.05, 0.1) is 23.1 Å². The summed E-state index contributed by atoms with van der Waals surface area (Å²) in [6.45, 7) is 4.92. The average molecular weight is 531 g/mol. The van der Waals surface area contributed by atoms with Crippen molar-refractivity contribution >= 4 is 22.0 Å². The van der Waals surface area contributed by atoms with Crippen molar-refractivity contribution in [2.24, 2.45) is 0 Å². The van der Waals surface area contributed by atoms with Crippen LogP contribution in [0.1, 0.15) is 25.5 Å². The van der Waals surface area contributed by atoms with Gasteiger partial charge in [-0.1, -0.05) is 30.3 Å². The number of carbonyl (C=O) groups excluding carboxylic acids is 2. The van der Waals surface area contributed by atoms with Gasteiger partial charge < -0.3 is 10.1 Å². The van der Waals surface area contributed by atoms with Crippen molar-refractivity contribution in [3.63, 3.8) is 0 Å². The number of likely N-dealkylation sites (N-methyl/N-ethyl adjacent to an activating group) is 1. The molecule has 198 valence electrons. The van der Waals surface area contributed by atoms with Gasteiger partial charge in [-0.25, -0.2) is 22.4 Å². The Morgan fingerprint density at radius 1 is 1.14 bits per heavy atom. The summed E-state index contributed by atoms with van der Waals surface area (Å²) in [7, 11) is -2.10. The number of urea groups is 1. The number of hydrogen-bond acceptors (Lipinski definition) is 6. The van der Waals surface area contributed by atoms with Crippen LogP contribution in [0.3, 0.4) is 0 Å². The Hall–Kier alpha value is -3.28. The van der Waals surface area contributed by atoms with Gasteiger partial charge >= 0.3 is 12.0 Å². The highest BCUT2D eigenvalue weighted by Crippen LogP contribution is 2.32. The number of benzene rings is 2. The van der Waals surface area contributed by atoms with Crippen molar-refractivity contribution in [2.45, 2.75) is 30.8 Å². The van der Waals surface area contributed by atoms with Crippen molar-refractivity contribution in [3.8, 4) is 0 Å². The molecule has 1 fully saturated rings. The van der Waals surface area contributed by atoms with E-state index in [1.54, 1.807) is 50.4 Å².